The standard InChI is InChI=1S/C22H23N5O/c28-22(19-7-1-6-18(13-19)21-24-10-4-11-25-21)26-20-8-3-12-27(16-20)15-17-5-2-9-23-14-17/h1-2,4-7,9-11,13-14,20H,3,8,12,15-16H2,(H,26,28)/t20-/m1/s1. The minimum atomic E-state index is -0.0500. The summed E-state index contributed by atoms with van der Waals surface area (Å²) in [6, 6.07) is 13.4. The molecular formula is C22H23N5O. The van der Waals surface area contributed by atoms with Crippen molar-refractivity contribution in [3.05, 3.63) is 78.4 Å². The molecule has 4 rings (SSSR count). The number of carbonyl (C=O) groups excluding carboxylic acids is 1. The first-order valence-electron chi connectivity index (χ1n) is 9.57. The van der Waals surface area contributed by atoms with Gasteiger partial charge in [0.1, 0.15) is 0 Å². The van der Waals surface area contributed by atoms with Gasteiger partial charge in [-0.05, 0) is 49.2 Å². The number of benzene rings is 1. The highest BCUT2D eigenvalue weighted by Gasteiger charge is 2.22. The maximum Gasteiger partial charge on any atom is 0.251 e. The summed E-state index contributed by atoms with van der Waals surface area (Å²) in [4.78, 5) is 27.9. The molecule has 1 atom stereocenters. The van der Waals surface area contributed by atoms with Gasteiger partial charge < -0.3 is 5.32 Å². The first-order valence-corrected chi connectivity index (χ1v) is 9.57. The van der Waals surface area contributed by atoms with Gasteiger partial charge in [-0.15, -0.1) is 0 Å². The highest BCUT2D eigenvalue weighted by Crippen LogP contribution is 2.17. The maximum absolute atomic E-state index is 12.8. The van der Waals surface area contributed by atoms with Crippen molar-refractivity contribution in [1.82, 2.24) is 25.2 Å². The summed E-state index contributed by atoms with van der Waals surface area (Å²) in [5, 5.41) is 3.19. The van der Waals surface area contributed by atoms with E-state index in [4.69, 9.17) is 0 Å². The molecule has 0 unspecified atom stereocenters. The van der Waals surface area contributed by atoms with Crippen molar-refractivity contribution in [3.8, 4) is 11.4 Å². The van der Waals surface area contributed by atoms with E-state index in [-0.39, 0.29) is 11.9 Å². The molecule has 1 fully saturated rings. The van der Waals surface area contributed by atoms with Crippen LogP contribution in [0.4, 0.5) is 0 Å². The molecule has 1 saturated heterocycles. The van der Waals surface area contributed by atoms with Crippen molar-refractivity contribution in [3.63, 3.8) is 0 Å². The fourth-order valence-electron chi connectivity index (χ4n) is 3.58. The van der Waals surface area contributed by atoms with Gasteiger partial charge in [0.25, 0.3) is 5.91 Å². The lowest BCUT2D eigenvalue weighted by Gasteiger charge is -2.33. The summed E-state index contributed by atoms with van der Waals surface area (Å²) >= 11 is 0. The molecule has 0 saturated carbocycles. The van der Waals surface area contributed by atoms with Gasteiger partial charge in [0.15, 0.2) is 5.82 Å². The fourth-order valence-corrected chi connectivity index (χ4v) is 3.58. The van der Waals surface area contributed by atoms with Crippen molar-refractivity contribution in [1.29, 1.82) is 0 Å². The Balaban J connectivity index is 1.39. The third-order valence-corrected chi connectivity index (χ3v) is 4.92. The molecule has 6 heteroatoms. The predicted octanol–water partition coefficient (Wildman–Crippen LogP) is 2.93. The molecule has 3 heterocycles. The highest BCUT2D eigenvalue weighted by atomic mass is 16.1. The fraction of sp³-hybridized carbons (Fsp3) is 0.273. The molecular weight excluding hydrogens is 350 g/mol. The van der Waals surface area contributed by atoms with Crippen molar-refractivity contribution in [2.75, 3.05) is 13.1 Å². The largest absolute Gasteiger partial charge is 0.348 e. The van der Waals surface area contributed by atoms with Crippen LogP contribution in [-0.2, 0) is 6.54 Å². The molecule has 0 spiro atoms. The van der Waals surface area contributed by atoms with Crippen LogP contribution in [0.1, 0.15) is 28.8 Å². The number of nitrogens with zero attached hydrogens (tertiary/aromatic N) is 4. The molecule has 142 valence electrons. The molecule has 28 heavy (non-hydrogen) atoms. The summed E-state index contributed by atoms with van der Waals surface area (Å²) in [6.07, 6.45) is 9.17. The molecule has 1 amide bonds. The van der Waals surface area contributed by atoms with Crippen LogP contribution in [0.2, 0.25) is 0 Å². The van der Waals surface area contributed by atoms with Crippen LogP contribution in [0, 0.1) is 0 Å². The molecule has 6 nitrogen and oxygen atoms in total. The predicted molar refractivity (Wildman–Crippen MR) is 107 cm³/mol. The molecule has 1 aliphatic heterocycles. The number of rotatable bonds is 5. The molecule has 1 N–H and O–H groups in total. The molecule has 3 aromatic rings. The Kier molecular flexibility index (Phi) is 5.68. The lowest BCUT2D eigenvalue weighted by Crippen LogP contribution is -2.47. The molecule has 0 bridgehead atoms. The number of nitrogens with one attached hydrogen (secondary N) is 1. The van der Waals surface area contributed by atoms with E-state index in [0.29, 0.717) is 11.4 Å². The summed E-state index contributed by atoms with van der Waals surface area (Å²) in [7, 11) is 0. The first kappa shape index (κ1) is 18.3. The topological polar surface area (TPSA) is 71.0 Å². The number of hydrogen-bond donors (Lipinski definition) is 1. The highest BCUT2D eigenvalue weighted by molar-refractivity contribution is 5.95. The SMILES string of the molecule is O=C(N[C@@H]1CCCN(Cc2cccnc2)C1)c1cccc(-c2ncccn2)c1. The average Bonchev–Trinajstić information content (AvgIpc) is 2.75. The first-order chi connectivity index (χ1) is 13.8. The van der Waals surface area contributed by atoms with E-state index in [1.165, 1.54) is 5.56 Å². The van der Waals surface area contributed by atoms with Crippen molar-refractivity contribution >= 4 is 5.91 Å². The minimum Gasteiger partial charge on any atom is -0.348 e. The van der Waals surface area contributed by atoms with Gasteiger partial charge in [-0.25, -0.2) is 9.97 Å². The summed E-state index contributed by atoms with van der Waals surface area (Å²) in [5.74, 6) is 0.573. The van der Waals surface area contributed by atoms with Crippen LogP contribution in [0.5, 0.6) is 0 Å². The number of aromatic nitrogens is 3. The Labute approximate surface area is 164 Å². The van der Waals surface area contributed by atoms with E-state index in [1.54, 1.807) is 24.7 Å². The number of carbonyl (C=O) groups is 1. The minimum absolute atomic E-state index is 0.0500. The zero-order valence-electron chi connectivity index (χ0n) is 15.7. The molecule has 0 aliphatic carbocycles. The molecule has 1 aromatic carbocycles. The number of hydrogen-bond acceptors (Lipinski definition) is 5. The van der Waals surface area contributed by atoms with Crippen molar-refractivity contribution in [2.45, 2.75) is 25.4 Å². The van der Waals surface area contributed by atoms with Crippen molar-refractivity contribution in [2.24, 2.45) is 0 Å². The zero-order valence-corrected chi connectivity index (χ0v) is 15.7. The van der Waals surface area contributed by atoms with Crippen molar-refractivity contribution < 1.29 is 4.79 Å². The number of likely N-dealkylation sites (tertiary alicyclic amines) is 1. The third-order valence-electron chi connectivity index (χ3n) is 4.92. The van der Waals surface area contributed by atoms with E-state index in [9.17, 15) is 4.79 Å². The zero-order chi connectivity index (χ0) is 19.2. The third kappa shape index (κ3) is 4.58. The van der Waals surface area contributed by atoms with E-state index in [2.05, 4.69) is 31.2 Å². The van der Waals surface area contributed by atoms with Gasteiger partial charge >= 0.3 is 0 Å². The lowest BCUT2D eigenvalue weighted by atomic mass is 10.0. The Morgan fingerprint density at radius 1 is 1.11 bits per heavy atom. The van der Waals surface area contributed by atoms with Gasteiger partial charge in [0.2, 0.25) is 0 Å². The molecule has 0 radical (unpaired) electrons. The second kappa shape index (κ2) is 8.71. The number of amides is 1. The van der Waals surface area contributed by atoms with Crippen LogP contribution < -0.4 is 5.32 Å². The molecule has 2 aromatic heterocycles. The van der Waals surface area contributed by atoms with Gasteiger partial charge in [-0.1, -0.05) is 18.2 Å². The maximum atomic E-state index is 12.8. The lowest BCUT2D eigenvalue weighted by molar-refractivity contribution is 0.0901. The van der Waals surface area contributed by atoms with Crippen LogP contribution in [0.15, 0.2) is 67.3 Å². The average molecular weight is 373 g/mol. The Morgan fingerprint density at radius 3 is 2.82 bits per heavy atom. The second-order valence-electron chi connectivity index (χ2n) is 7.06. The number of piperidine rings is 1. The Bertz CT molecular complexity index is 916. The van der Waals surface area contributed by atoms with Crippen LogP contribution in [-0.4, -0.2) is 44.9 Å². The van der Waals surface area contributed by atoms with E-state index < -0.39 is 0 Å². The van der Waals surface area contributed by atoms with Gasteiger partial charge in [0, 0.05) is 55.0 Å². The van der Waals surface area contributed by atoms with Gasteiger partial charge in [-0.2, -0.15) is 0 Å². The quantitative estimate of drug-likeness (QED) is 0.745. The summed E-state index contributed by atoms with van der Waals surface area (Å²) < 4.78 is 0. The normalized spacial score (nSPS) is 17.2. The van der Waals surface area contributed by atoms with Gasteiger partial charge in [-0.3, -0.25) is 14.7 Å². The monoisotopic (exact) mass is 373 g/mol. The Morgan fingerprint density at radius 2 is 2.00 bits per heavy atom. The number of pyridine rings is 1. The second-order valence-corrected chi connectivity index (χ2v) is 7.06. The van der Waals surface area contributed by atoms with Gasteiger partial charge in [0.05, 0.1) is 0 Å². The van der Waals surface area contributed by atoms with E-state index >= 15 is 0 Å². The summed E-state index contributed by atoms with van der Waals surface area (Å²) in [6.45, 7) is 2.76. The van der Waals surface area contributed by atoms with Crippen LogP contribution in [0.25, 0.3) is 11.4 Å². The Hall–Kier alpha value is -3.12. The summed E-state index contributed by atoms with van der Waals surface area (Å²) in [5.41, 5.74) is 2.68. The van der Waals surface area contributed by atoms with Crippen LogP contribution >= 0.6 is 0 Å². The van der Waals surface area contributed by atoms with Crippen LogP contribution in [0.3, 0.4) is 0 Å². The van der Waals surface area contributed by atoms with E-state index in [0.717, 1.165) is 38.0 Å². The van der Waals surface area contributed by atoms with E-state index in [1.807, 2.05) is 36.5 Å². The molecule has 1 aliphatic rings. The smallest absolute Gasteiger partial charge is 0.251 e.